The van der Waals surface area contributed by atoms with Crippen molar-refractivity contribution in [2.24, 2.45) is 11.8 Å². The molecule has 3 fully saturated rings. The summed E-state index contributed by atoms with van der Waals surface area (Å²) < 4.78 is 0. The average Bonchev–Trinajstić information content (AvgIpc) is 2.18. The lowest BCUT2D eigenvalue weighted by Gasteiger charge is -2.46. The van der Waals surface area contributed by atoms with Crippen molar-refractivity contribution < 1.29 is 9.90 Å². The summed E-state index contributed by atoms with van der Waals surface area (Å²) >= 11 is 0. The van der Waals surface area contributed by atoms with Crippen LogP contribution in [-0.2, 0) is 4.79 Å². The predicted molar refractivity (Wildman–Crippen MR) is 56.7 cm³/mol. The standard InChI is InChI=1S/C12H13NO2/c14-11-3-1-10(2-4-11)13-7-8-5-9(6-8)12(13)15/h1-4,8-9,14H,5-7H2. The van der Waals surface area contributed by atoms with Gasteiger partial charge >= 0.3 is 0 Å². The van der Waals surface area contributed by atoms with Crippen LogP contribution in [0.2, 0.25) is 0 Å². The molecule has 1 amide bonds. The zero-order valence-corrected chi connectivity index (χ0v) is 8.39. The quantitative estimate of drug-likeness (QED) is 0.755. The highest BCUT2D eigenvalue weighted by atomic mass is 16.3. The number of benzene rings is 1. The molecule has 1 aromatic rings. The number of amides is 1. The van der Waals surface area contributed by atoms with Crippen molar-refractivity contribution in [3.8, 4) is 5.75 Å². The van der Waals surface area contributed by atoms with Crippen LogP contribution in [0.4, 0.5) is 5.69 Å². The van der Waals surface area contributed by atoms with Crippen LogP contribution < -0.4 is 4.90 Å². The molecule has 0 aromatic heterocycles. The number of phenols is 1. The van der Waals surface area contributed by atoms with E-state index < -0.39 is 0 Å². The Morgan fingerprint density at radius 1 is 1.20 bits per heavy atom. The molecule has 15 heavy (non-hydrogen) atoms. The minimum atomic E-state index is 0.244. The second-order valence-corrected chi connectivity index (χ2v) is 4.50. The van der Waals surface area contributed by atoms with E-state index in [4.69, 9.17) is 0 Å². The zero-order valence-electron chi connectivity index (χ0n) is 8.39. The third-order valence-corrected chi connectivity index (χ3v) is 3.45. The largest absolute Gasteiger partial charge is 0.508 e. The first-order chi connectivity index (χ1) is 7.24. The molecule has 3 heteroatoms. The Morgan fingerprint density at radius 3 is 2.47 bits per heavy atom. The lowest BCUT2D eigenvalue weighted by Crippen LogP contribution is -2.53. The van der Waals surface area contributed by atoms with Crippen molar-refractivity contribution >= 4 is 11.6 Å². The van der Waals surface area contributed by atoms with Crippen LogP contribution in [0.1, 0.15) is 12.8 Å². The van der Waals surface area contributed by atoms with Gasteiger partial charge in [-0.15, -0.1) is 0 Å². The number of piperidine rings is 2. The highest BCUT2D eigenvalue weighted by Gasteiger charge is 2.43. The molecular formula is C12H13NO2. The number of rotatable bonds is 1. The second-order valence-electron chi connectivity index (χ2n) is 4.50. The van der Waals surface area contributed by atoms with Crippen LogP contribution in [0.15, 0.2) is 24.3 Å². The van der Waals surface area contributed by atoms with Gasteiger partial charge in [-0.2, -0.15) is 0 Å². The van der Waals surface area contributed by atoms with Crippen molar-refractivity contribution in [3.63, 3.8) is 0 Å². The molecule has 3 nitrogen and oxygen atoms in total. The fourth-order valence-corrected chi connectivity index (χ4v) is 2.52. The van der Waals surface area contributed by atoms with Crippen LogP contribution in [0.25, 0.3) is 0 Å². The van der Waals surface area contributed by atoms with Crippen molar-refractivity contribution in [2.75, 3.05) is 11.4 Å². The molecule has 3 aliphatic rings. The Labute approximate surface area is 88.3 Å². The van der Waals surface area contributed by atoms with Crippen molar-refractivity contribution in [1.82, 2.24) is 0 Å². The summed E-state index contributed by atoms with van der Waals surface area (Å²) in [6.45, 7) is 0.847. The summed E-state index contributed by atoms with van der Waals surface area (Å²) in [5.74, 6) is 1.45. The lowest BCUT2D eigenvalue weighted by atomic mass is 9.70. The maximum absolute atomic E-state index is 11.9. The molecule has 0 radical (unpaired) electrons. The molecule has 2 heterocycles. The molecule has 2 bridgehead atoms. The van der Waals surface area contributed by atoms with Gasteiger partial charge in [0, 0.05) is 18.2 Å². The molecule has 0 unspecified atom stereocenters. The van der Waals surface area contributed by atoms with Gasteiger partial charge in [-0.25, -0.2) is 0 Å². The fourth-order valence-electron chi connectivity index (χ4n) is 2.52. The minimum absolute atomic E-state index is 0.244. The number of hydrogen-bond donors (Lipinski definition) is 1. The van der Waals surface area contributed by atoms with E-state index in [2.05, 4.69) is 0 Å². The summed E-state index contributed by atoms with van der Waals surface area (Å²) in [7, 11) is 0. The molecular weight excluding hydrogens is 190 g/mol. The number of carbonyl (C=O) groups excluding carboxylic acids is 1. The van der Waals surface area contributed by atoms with Gasteiger partial charge in [0.1, 0.15) is 5.75 Å². The van der Waals surface area contributed by atoms with Crippen LogP contribution in [0, 0.1) is 11.8 Å². The Kier molecular flexibility index (Phi) is 1.75. The number of fused-ring (bicyclic) bond motifs is 2. The molecule has 1 saturated carbocycles. The van der Waals surface area contributed by atoms with E-state index in [-0.39, 0.29) is 17.6 Å². The molecule has 1 N–H and O–H groups in total. The molecule has 0 atom stereocenters. The van der Waals surface area contributed by atoms with Gasteiger partial charge < -0.3 is 10.0 Å². The van der Waals surface area contributed by atoms with E-state index in [0.29, 0.717) is 5.92 Å². The van der Waals surface area contributed by atoms with E-state index in [1.54, 1.807) is 24.3 Å². The topological polar surface area (TPSA) is 40.5 Å². The predicted octanol–water partition coefficient (Wildman–Crippen LogP) is 1.77. The molecule has 2 saturated heterocycles. The lowest BCUT2D eigenvalue weighted by molar-refractivity contribution is -0.129. The van der Waals surface area contributed by atoms with Crippen LogP contribution >= 0.6 is 0 Å². The molecule has 0 spiro atoms. The number of anilines is 1. The van der Waals surface area contributed by atoms with Gasteiger partial charge in [-0.05, 0) is 43.0 Å². The Hall–Kier alpha value is -1.51. The molecule has 1 aliphatic carbocycles. The number of phenolic OH excluding ortho intramolecular Hbond substituents is 1. The SMILES string of the molecule is O=C1C2CC(C2)CN1c1ccc(O)cc1. The van der Waals surface area contributed by atoms with Crippen LogP contribution in [-0.4, -0.2) is 17.6 Å². The normalized spacial score (nSPS) is 28.8. The van der Waals surface area contributed by atoms with Crippen LogP contribution in [0.3, 0.4) is 0 Å². The van der Waals surface area contributed by atoms with Gasteiger partial charge in [0.25, 0.3) is 0 Å². The molecule has 1 aromatic carbocycles. The van der Waals surface area contributed by atoms with Crippen molar-refractivity contribution in [3.05, 3.63) is 24.3 Å². The van der Waals surface area contributed by atoms with Gasteiger partial charge in [0.2, 0.25) is 5.91 Å². The first-order valence-corrected chi connectivity index (χ1v) is 5.34. The van der Waals surface area contributed by atoms with Gasteiger partial charge in [-0.1, -0.05) is 0 Å². The van der Waals surface area contributed by atoms with E-state index in [0.717, 1.165) is 25.1 Å². The smallest absolute Gasteiger partial charge is 0.230 e. The average molecular weight is 203 g/mol. The number of hydrogen-bond acceptors (Lipinski definition) is 2. The summed E-state index contributed by atoms with van der Waals surface area (Å²) in [4.78, 5) is 13.8. The Balaban J connectivity index is 1.88. The third-order valence-electron chi connectivity index (χ3n) is 3.45. The highest BCUT2D eigenvalue weighted by Crippen LogP contribution is 2.42. The van der Waals surface area contributed by atoms with Crippen molar-refractivity contribution in [2.45, 2.75) is 12.8 Å². The molecule has 2 aliphatic heterocycles. The Morgan fingerprint density at radius 2 is 1.87 bits per heavy atom. The van der Waals surface area contributed by atoms with E-state index in [9.17, 15) is 9.90 Å². The number of carbonyl (C=O) groups is 1. The Bertz CT molecular complexity index is 393. The molecule has 78 valence electrons. The minimum Gasteiger partial charge on any atom is -0.508 e. The van der Waals surface area contributed by atoms with E-state index in [1.165, 1.54) is 0 Å². The first kappa shape index (κ1) is 8.77. The third kappa shape index (κ3) is 1.30. The fraction of sp³-hybridized carbons (Fsp3) is 0.417. The van der Waals surface area contributed by atoms with Gasteiger partial charge in [0.15, 0.2) is 0 Å². The molecule has 4 rings (SSSR count). The summed E-state index contributed by atoms with van der Waals surface area (Å²) in [5.41, 5.74) is 0.909. The number of nitrogens with zero attached hydrogens (tertiary/aromatic N) is 1. The summed E-state index contributed by atoms with van der Waals surface area (Å²) in [5, 5.41) is 9.18. The van der Waals surface area contributed by atoms with Crippen LogP contribution in [0.5, 0.6) is 5.75 Å². The first-order valence-electron chi connectivity index (χ1n) is 5.34. The number of aromatic hydroxyl groups is 1. The zero-order chi connectivity index (χ0) is 10.4. The monoisotopic (exact) mass is 203 g/mol. The maximum Gasteiger partial charge on any atom is 0.230 e. The summed E-state index contributed by atoms with van der Waals surface area (Å²) in [6.07, 6.45) is 2.15. The summed E-state index contributed by atoms with van der Waals surface area (Å²) in [6, 6.07) is 6.86. The maximum atomic E-state index is 11.9. The second kappa shape index (κ2) is 2.99. The van der Waals surface area contributed by atoms with Gasteiger partial charge in [0.05, 0.1) is 0 Å². The van der Waals surface area contributed by atoms with Gasteiger partial charge in [-0.3, -0.25) is 4.79 Å². The van der Waals surface area contributed by atoms with E-state index in [1.807, 2.05) is 4.90 Å². The highest BCUT2D eigenvalue weighted by molar-refractivity contribution is 5.97. The van der Waals surface area contributed by atoms with Crippen molar-refractivity contribution in [1.29, 1.82) is 0 Å². The van der Waals surface area contributed by atoms with E-state index >= 15 is 0 Å².